The van der Waals surface area contributed by atoms with Crippen LogP contribution in [0.1, 0.15) is 29.8 Å². The Balaban J connectivity index is 1.46. The number of nitrogens with zero attached hydrogens (tertiary/aromatic N) is 5. The predicted molar refractivity (Wildman–Crippen MR) is 104 cm³/mol. The molecule has 1 spiro atoms. The molecule has 0 saturated carbocycles. The fourth-order valence-electron chi connectivity index (χ4n) is 4.37. The Kier molecular flexibility index (Phi) is 5.13. The van der Waals surface area contributed by atoms with Crippen molar-refractivity contribution in [3.05, 3.63) is 42.5 Å². The number of piperidine rings is 2. The molecule has 0 amide bonds. The van der Waals surface area contributed by atoms with Gasteiger partial charge >= 0.3 is 5.97 Å². The summed E-state index contributed by atoms with van der Waals surface area (Å²) in [6.45, 7) is 3.12. The van der Waals surface area contributed by atoms with Gasteiger partial charge in [0.25, 0.3) is 0 Å². The SMILES string of the molecule is COC(=O)c1cccc(N2CCC3(CC2)CC(O)CN(c2cnccn2)C3)n1. The minimum atomic E-state index is -0.426. The molecule has 4 heterocycles. The standard InChI is InChI=1S/C20H25N5O3/c1-28-19(27)16-3-2-4-17(23-16)24-9-5-20(6-10-24)11-15(26)13-25(14-20)18-12-21-7-8-22-18/h2-4,7-8,12,15,26H,5-6,9-11,13-14H2,1H3. The average Bonchev–Trinajstić information content (AvgIpc) is 2.74. The van der Waals surface area contributed by atoms with Crippen molar-refractivity contribution in [1.29, 1.82) is 0 Å². The lowest BCUT2D eigenvalue weighted by molar-refractivity contribution is 0.0582. The zero-order valence-electron chi connectivity index (χ0n) is 16.0. The maximum absolute atomic E-state index is 11.8. The molecule has 2 aromatic heterocycles. The maximum Gasteiger partial charge on any atom is 0.356 e. The molecular formula is C20H25N5O3. The second kappa shape index (κ2) is 7.71. The van der Waals surface area contributed by atoms with Gasteiger partial charge in [-0.05, 0) is 36.8 Å². The third-order valence-electron chi connectivity index (χ3n) is 5.78. The monoisotopic (exact) mass is 383 g/mol. The summed E-state index contributed by atoms with van der Waals surface area (Å²) in [7, 11) is 1.36. The van der Waals surface area contributed by atoms with E-state index in [9.17, 15) is 9.90 Å². The van der Waals surface area contributed by atoms with E-state index in [4.69, 9.17) is 4.74 Å². The molecule has 8 heteroatoms. The molecular weight excluding hydrogens is 358 g/mol. The number of hydrogen-bond donors (Lipinski definition) is 1. The van der Waals surface area contributed by atoms with Gasteiger partial charge < -0.3 is 19.6 Å². The summed E-state index contributed by atoms with van der Waals surface area (Å²) >= 11 is 0. The minimum Gasteiger partial charge on any atom is -0.464 e. The first-order chi connectivity index (χ1) is 13.6. The van der Waals surface area contributed by atoms with Crippen molar-refractivity contribution in [2.75, 3.05) is 43.1 Å². The molecule has 8 nitrogen and oxygen atoms in total. The first-order valence-electron chi connectivity index (χ1n) is 9.58. The smallest absolute Gasteiger partial charge is 0.356 e. The van der Waals surface area contributed by atoms with Gasteiger partial charge in [-0.3, -0.25) is 4.98 Å². The molecule has 1 unspecified atom stereocenters. The van der Waals surface area contributed by atoms with Gasteiger partial charge in [-0.25, -0.2) is 14.8 Å². The summed E-state index contributed by atoms with van der Waals surface area (Å²) in [5.74, 6) is 1.18. The number of ether oxygens (including phenoxy) is 1. The number of aromatic nitrogens is 3. The summed E-state index contributed by atoms with van der Waals surface area (Å²) in [5, 5.41) is 10.5. The highest BCUT2D eigenvalue weighted by Gasteiger charge is 2.42. The lowest BCUT2D eigenvalue weighted by Crippen LogP contribution is -2.54. The zero-order chi connectivity index (χ0) is 19.6. The van der Waals surface area contributed by atoms with Gasteiger partial charge in [-0.2, -0.15) is 0 Å². The number of esters is 1. The topological polar surface area (TPSA) is 91.7 Å². The van der Waals surface area contributed by atoms with Crippen molar-refractivity contribution < 1.29 is 14.6 Å². The Labute approximate surface area is 164 Å². The van der Waals surface area contributed by atoms with Gasteiger partial charge in [-0.15, -0.1) is 0 Å². The van der Waals surface area contributed by atoms with Crippen LogP contribution in [0, 0.1) is 5.41 Å². The quantitative estimate of drug-likeness (QED) is 0.798. The Morgan fingerprint density at radius 2 is 2.04 bits per heavy atom. The maximum atomic E-state index is 11.8. The molecule has 2 fully saturated rings. The highest BCUT2D eigenvalue weighted by molar-refractivity contribution is 5.87. The number of hydrogen-bond acceptors (Lipinski definition) is 8. The number of carbonyl (C=O) groups excluding carboxylic acids is 1. The van der Waals surface area contributed by atoms with E-state index in [2.05, 4.69) is 24.8 Å². The van der Waals surface area contributed by atoms with Crippen molar-refractivity contribution >= 4 is 17.6 Å². The molecule has 2 aromatic rings. The lowest BCUT2D eigenvalue weighted by atomic mass is 9.71. The van der Waals surface area contributed by atoms with Gasteiger partial charge in [-0.1, -0.05) is 6.07 Å². The average molecular weight is 383 g/mol. The van der Waals surface area contributed by atoms with Crippen LogP contribution in [-0.2, 0) is 4.74 Å². The molecule has 0 aromatic carbocycles. The van der Waals surface area contributed by atoms with Crippen LogP contribution in [0.25, 0.3) is 0 Å². The highest BCUT2D eigenvalue weighted by Crippen LogP contribution is 2.41. The highest BCUT2D eigenvalue weighted by atomic mass is 16.5. The fourth-order valence-corrected chi connectivity index (χ4v) is 4.37. The Bertz CT molecular complexity index is 824. The van der Waals surface area contributed by atoms with Gasteiger partial charge in [0.15, 0.2) is 5.69 Å². The van der Waals surface area contributed by atoms with E-state index in [0.29, 0.717) is 12.2 Å². The molecule has 2 aliphatic rings. The number of aliphatic hydroxyl groups excluding tert-OH is 1. The van der Waals surface area contributed by atoms with Crippen molar-refractivity contribution in [3.63, 3.8) is 0 Å². The van der Waals surface area contributed by atoms with E-state index in [1.807, 2.05) is 12.1 Å². The Morgan fingerprint density at radius 1 is 1.21 bits per heavy atom. The second-order valence-electron chi connectivity index (χ2n) is 7.66. The van der Waals surface area contributed by atoms with Crippen molar-refractivity contribution in [2.24, 2.45) is 5.41 Å². The van der Waals surface area contributed by atoms with E-state index < -0.39 is 5.97 Å². The predicted octanol–water partition coefficient (Wildman–Crippen LogP) is 1.52. The number of rotatable bonds is 3. The number of methoxy groups -OCH3 is 1. The van der Waals surface area contributed by atoms with Crippen LogP contribution in [0.4, 0.5) is 11.6 Å². The normalized spacial score (nSPS) is 21.6. The first-order valence-corrected chi connectivity index (χ1v) is 9.58. The lowest BCUT2D eigenvalue weighted by Gasteiger charge is -2.49. The molecule has 0 bridgehead atoms. The van der Waals surface area contributed by atoms with Crippen LogP contribution in [0.2, 0.25) is 0 Å². The molecule has 148 valence electrons. The van der Waals surface area contributed by atoms with E-state index in [1.54, 1.807) is 24.7 Å². The van der Waals surface area contributed by atoms with Gasteiger partial charge in [0.2, 0.25) is 0 Å². The van der Waals surface area contributed by atoms with Crippen molar-refractivity contribution in [3.8, 4) is 0 Å². The van der Waals surface area contributed by atoms with Gasteiger partial charge in [0.05, 0.1) is 19.4 Å². The number of β-amino-alcohol motifs (C(OH)–C–C–N with tert-alkyl or cyclic N) is 1. The largest absolute Gasteiger partial charge is 0.464 e. The third-order valence-corrected chi connectivity index (χ3v) is 5.78. The van der Waals surface area contributed by atoms with Gasteiger partial charge in [0.1, 0.15) is 11.6 Å². The summed E-state index contributed by atoms with van der Waals surface area (Å²) in [6.07, 6.45) is 7.42. The Hall–Kier alpha value is -2.74. The van der Waals surface area contributed by atoms with Crippen LogP contribution in [-0.4, -0.2) is 65.4 Å². The first kappa shape index (κ1) is 18.6. The summed E-state index contributed by atoms with van der Waals surface area (Å²) in [4.78, 5) is 29.1. The number of pyridine rings is 1. The van der Waals surface area contributed by atoms with Crippen LogP contribution in [0.15, 0.2) is 36.8 Å². The zero-order valence-corrected chi connectivity index (χ0v) is 16.0. The van der Waals surface area contributed by atoms with E-state index >= 15 is 0 Å². The molecule has 1 atom stereocenters. The number of aliphatic hydroxyl groups is 1. The summed E-state index contributed by atoms with van der Waals surface area (Å²) in [5.41, 5.74) is 0.369. The molecule has 2 aliphatic heterocycles. The van der Waals surface area contributed by atoms with Gasteiger partial charge in [0, 0.05) is 38.6 Å². The van der Waals surface area contributed by atoms with E-state index in [0.717, 1.165) is 50.5 Å². The summed E-state index contributed by atoms with van der Waals surface area (Å²) in [6, 6.07) is 5.42. The van der Waals surface area contributed by atoms with Crippen molar-refractivity contribution in [1.82, 2.24) is 15.0 Å². The molecule has 4 rings (SSSR count). The van der Waals surface area contributed by atoms with E-state index in [-0.39, 0.29) is 11.5 Å². The van der Waals surface area contributed by atoms with Crippen LogP contribution in [0.5, 0.6) is 0 Å². The minimum absolute atomic E-state index is 0.0473. The number of anilines is 2. The van der Waals surface area contributed by atoms with E-state index in [1.165, 1.54) is 7.11 Å². The molecule has 28 heavy (non-hydrogen) atoms. The fraction of sp³-hybridized carbons (Fsp3) is 0.500. The molecule has 1 N–H and O–H groups in total. The van der Waals surface area contributed by atoms with Crippen LogP contribution < -0.4 is 9.80 Å². The molecule has 2 saturated heterocycles. The molecule has 0 aliphatic carbocycles. The Morgan fingerprint density at radius 3 is 2.75 bits per heavy atom. The number of carbonyl (C=O) groups is 1. The third kappa shape index (κ3) is 3.77. The van der Waals surface area contributed by atoms with Crippen LogP contribution >= 0.6 is 0 Å². The van der Waals surface area contributed by atoms with Crippen molar-refractivity contribution in [2.45, 2.75) is 25.4 Å². The second-order valence-corrected chi connectivity index (χ2v) is 7.66. The van der Waals surface area contributed by atoms with Crippen LogP contribution in [0.3, 0.4) is 0 Å². The summed E-state index contributed by atoms with van der Waals surface area (Å²) < 4.78 is 4.77. The molecule has 0 radical (unpaired) electrons.